The molecule has 3 aliphatic heterocycles. The average Bonchev–Trinajstić information content (AvgIpc) is 3.55. The molecule has 1 saturated heterocycles. The number of hydrogen-bond donors (Lipinski definition) is 2. The highest BCUT2D eigenvalue weighted by Gasteiger charge is 2.36. The molecule has 10 nitrogen and oxygen atoms in total. The Morgan fingerprint density at radius 2 is 1.75 bits per heavy atom. The smallest absolute Gasteiger partial charge is 0.410 e. The molecule has 2 amide bonds. The molecule has 1 fully saturated rings. The first kappa shape index (κ1) is 31.8. The number of halogens is 3. The minimum Gasteiger partial charge on any atom is -0.444 e. The normalized spacial score (nSPS) is 15.3. The number of amides is 2. The monoisotopic (exact) mass is 658 g/mol. The van der Waals surface area contributed by atoms with Gasteiger partial charge in [-0.2, -0.15) is 4.98 Å². The van der Waals surface area contributed by atoms with Gasteiger partial charge in [-0.05, 0) is 69.4 Å². The molecule has 0 radical (unpaired) electrons. The molecule has 1 atom stereocenters. The van der Waals surface area contributed by atoms with Gasteiger partial charge in [-0.15, -0.1) is 0 Å². The van der Waals surface area contributed by atoms with Crippen LogP contribution >= 0.6 is 34.8 Å². The number of fused-ring (bicyclic) bond motifs is 1. The lowest BCUT2D eigenvalue weighted by Gasteiger charge is -2.28. The van der Waals surface area contributed by atoms with E-state index in [9.17, 15) is 14.4 Å². The molecule has 5 rings (SSSR count). The number of benzene rings is 2. The molecular formula is C31H33Cl3N6O4. The zero-order valence-electron chi connectivity index (χ0n) is 25.0. The van der Waals surface area contributed by atoms with Crippen LogP contribution < -0.4 is 10.9 Å². The van der Waals surface area contributed by atoms with Gasteiger partial charge in [0.25, 0.3) is 5.56 Å². The molecule has 44 heavy (non-hydrogen) atoms. The number of nitrogens with zero attached hydrogens (tertiary/aromatic N) is 4. The number of hydrogen-bond acceptors (Lipinski definition) is 6. The minimum atomic E-state index is -0.647. The minimum absolute atomic E-state index is 0.0334. The van der Waals surface area contributed by atoms with Crippen LogP contribution in [0.4, 0.5) is 10.5 Å². The van der Waals surface area contributed by atoms with Crippen molar-refractivity contribution in [2.45, 2.75) is 71.4 Å². The van der Waals surface area contributed by atoms with E-state index >= 15 is 0 Å². The fraction of sp³-hybridized carbons (Fsp3) is 0.387. The van der Waals surface area contributed by atoms with Crippen molar-refractivity contribution in [3.05, 3.63) is 78.9 Å². The number of carbonyl (C=O) groups excluding carboxylic acids is 2. The molecule has 232 valence electrons. The van der Waals surface area contributed by atoms with Gasteiger partial charge < -0.3 is 10.1 Å². The highest BCUT2D eigenvalue weighted by molar-refractivity contribution is 6.40. The summed E-state index contributed by atoms with van der Waals surface area (Å²) in [6.45, 7) is 9.76. The molecule has 2 N–H and O–H groups in total. The maximum Gasteiger partial charge on any atom is 0.410 e. The van der Waals surface area contributed by atoms with Crippen LogP contribution in [0.15, 0.2) is 41.2 Å². The first-order valence-corrected chi connectivity index (χ1v) is 15.4. The first-order chi connectivity index (χ1) is 20.7. The number of ether oxygens (including phenoxy) is 1. The van der Waals surface area contributed by atoms with Crippen LogP contribution in [0.3, 0.4) is 0 Å². The molecule has 13 heteroatoms. The second-order valence-electron chi connectivity index (χ2n) is 12.1. The Balaban J connectivity index is 1.37. The van der Waals surface area contributed by atoms with Gasteiger partial charge in [-0.1, -0.05) is 60.8 Å². The van der Waals surface area contributed by atoms with Crippen molar-refractivity contribution in [1.82, 2.24) is 24.6 Å². The number of likely N-dealkylation sites (tertiary alicyclic amines) is 1. The van der Waals surface area contributed by atoms with Crippen molar-refractivity contribution < 1.29 is 14.3 Å². The Labute approximate surface area is 270 Å². The second kappa shape index (κ2) is 12.4. The fourth-order valence-corrected chi connectivity index (χ4v) is 6.18. The molecule has 3 aliphatic rings. The van der Waals surface area contributed by atoms with Gasteiger partial charge in [0, 0.05) is 23.7 Å². The maximum atomic E-state index is 13.3. The summed E-state index contributed by atoms with van der Waals surface area (Å²) in [4.78, 5) is 49.4. The van der Waals surface area contributed by atoms with E-state index in [1.807, 2.05) is 26.0 Å². The third kappa shape index (κ3) is 6.72. The first-order valence-electron chi connectivity index (χ1n) is 14.3. The molecule has 0 saturated carbocycles. The number of carbonyl (C=O) groups is 2. The molecule has 2 aromatic carbocycles. The Kier molecular flexibility index (Phi) is 8.98. The van der Waals surface area contributed by atoms with E-state index < -0.39 is 23.3 Å². The lowest BCUT2D eigenvalue weighted by molar-refractivity contribution is -0.120. The number of rotatable bonds is 6. The molecule has 0 aromatic heterocycles. The molecule has 0 spiro atoms. The number of H-pyrrole nitrogens is 1. The van der Waals surface area contributed by atoms with Crippen molar-refractivity contribution in [3.63, 3.8) is 0 Å². The zero-order valence-corrected chi connectivity index (χ0v) is 27.3. The van der Waals surface area contributed by atoms with Gasteiger partial charge in [0.1, 0.15) is 28.7 Å². The fourth-order valence-electron chi connectivity index (χ4n) is 5.20. The summed E-state index contributed by atoms with van der Waals surface area (Å²) >= 11 is 19.2. The summed E-state index contributed by atoms with van der Waals surface area (Å²) in [6, 6.07) is 9.71. The van der Waals surface area contributed by atoms with Crippen LogP contribution in [-0.2, 0) is 16.0 Å². The van der Waals surface area contributed by atoms with Crippen LogP contribution in [0.5, 0.6) is 0 Å². The number of nitrogens with one attached hydrogen (secondary N) is 2. The highest BCUT2D eigenvalue weighted by atomic mass is 35.5. The summed E-state index contributed by atoms with van der Waals surface area (Å²) < 4.78 is 7.07. The van der Waals surface area contributed by atoms with Crippen molar-refractivity contribution in [1.29, 1.82) is 0 Å². The summed E-state index contributed by atoms with van der Waals surface area (Å²) in [5.41, 5.74) is 1.78. The summed E-state index contributed by atoms with van der Waals surface area (Å²) in [7, 11) is 0. The van der Waals surface area contributed by atoms with E-state index in [1.165, 1.54) is 4.90 Å². The van der Waals surface area contributed by atoms with Crippen LogP contribution in [-0.4, -0.2) is 54.8 Å². The average molecular weight is 660 g/mol. The van der Waals surface area contributed by atoms with Gasteiger partial charge in [0.2, 0.25) is 5.91 Å². The second-order valence-corrected chi connectivity index (χ2v) is 13.3. The Hall–Kier alpha value is -3.60. The van der Waals surface area contributed by atoms with Crippen molar-refractivity contribution in [2.75, 3.05) is 11.9 Å². The molecule has 0 bridgehead atoms. The van der Waals surface area contributed by atoms with E-state index in [-0.39, 0.29) is 18.2 Å². The Bertz CT molecular complexity index is 1720. The van der Waals surface area contributed by atoms with E-state index in [2.05, 4.69) is 15.4 Å². The molecule has 0 unspecified atom stereocenters. The van der Waals surface area contributed by atoms with E-state index in [0.717, 1.165) is 12.0 Å². The van der Waals surface area contributed by atoms with Gasteiger partial charge in [-0.25, -0.2) is 14.5 Å². The Morgan fingerprint density at radius 3 is 2.36 bits per heavy atom. The molecule has 0 aliphatic carbocycles. The maximum absolute atomic E-state index is 13.3. The van der Waals surface area contributed by atoms with Crippen LogP contribution in [0.25, 0.3) is 17.1 Å². The number of aromatic nitrogens is 4. The third-order valence-electron chi connectivity index (χ3n) is 7.17. The predicted molar refractivity (Wildman–Crippen MR) is 172 cm³/mol. The largest absolute Gasteiger partial charge is 0.444 e. The summed E-state index contributed by atoms with van der Waals surface area (Å²) in [5.74, 6) is 0.352. The van der Waals surface area contributed by atoms with Crippen LogP contribution in [0.2, 0.25) is 15.1 Å². The van der Waals surface area contributed by atoms with E-state index in [1.54, 1.807) is 49.7 Å². The van der Waals surface area contributed by atoms with Crippen LogP contribution in [0.1, 0.15) is 70.5 Å². The lowest BCUT2D eigenvalue weighted by Crippen LogP contribution is -2.45. The van der Waals surface area contributed by atoms with Crippen molar-refractivity contribution in [3.8, 4) is 17.1 Å². The molecule has 2 aromatic rings. The molecular weight excluding hydrogens is 627 g/mol. The highest BCUT2D eigenvalue weighted by Crippen LogP contribution is 2.36. The third-order valence-corrected chi connectivity index (χ3v) is 7.96. The van der Waals surface area contributed by atoms with Gasteiger partial charge in [0.15, 0.2) is 5.82 Å². The zero-order chi connectivity index (χ0) is 31.9. The Morgan fingerprint density at radius 1 is 1.09 bits per heavy atom. The quantitative estimate of drug-likeness (QED) is 0.228. The summed E-state index contributed by atoms with van der Waals surface area (Å²) in [6.07, 6.45) is 1.05. The lowest BCUT2D eigenvalue weighted by atomic mass is 10.1. The number of aromatic amines is 1. The predicted octanol–water partition coefficient (Wildman–Crippen LogP) is 7.07. The van der Waals surface area contributed by atoms with Gasteiger partial charge in [0.05, 0.1) is 15.7 Å². The van der Waals surface area contributed by atoms with Gasteiger partial charge >= 0.3 is 6.09 Å². The van der Waals surface area contributed by atoms with Crippen LogP contribution in [0, 0.1) is 0 Å². The van der Waals surface area contributed by atoms with Crippen molar-refractivity contribution >= 4 is 52.5 Å². The topological polar surface area (TPSA) is 122 Å². The SMILES string of the molecule is CC(C)c1[nH]n(-c2c(Cl)cc(Cl)cc2Cl)c2nc(Cc3ccc(NC(=O)[C@@H]4CCCN4C(=O)OC(C)(C)C)cc3)nc(=O)c1-2. The van der Waals surface area contributed by atoms with Gasteiger partial charge in [-0.3, -0.25) is 19.6 Å². The standard InChI is InChI=1S/C31H33Cl3N6O4/c1-16(2)25-24-27(40(38-25)26-20(33)14-18(32)15-21(26)34)36-23(37-29(24)42)13-17-8-10-19(11-9-17)35-28(41)22-7-6-12-39(22)30(43)44-31(3,4)5/h8-11,14-16,22,38H,6-7,12-13H2,1-5H3,(H,35,41)/t22-/m0/s1. The summed E-state index contributed by atoms with van der Waals surface area (Å²) in [5, 5.41) is 7.11. The van der Waals surface area contributed by atoms with E-state index in [0.29, 0.717) is 62.3 Å². The van der Waals surface area contributed by atoms with Crippen molar-refractivity contribution in [2.24, 2.45) is 0 Å². The number of anilines is 1. The molecule has 3 heterocycles. The van der Waals surface area contributed by atoms with E-state index in [4.69, 9.17) is 44.5 Å².